The Morgan fingerprint density at radius 1 is 1.09 bits per heavy atom. The lowest BCUT2D eigenvalue weighted by Gasteiger charge is -2.04. The van der Waals surface area contributed by atoms with E-state index in [0.717, 1.165) is 29.4 Å². The summed E-state index contributed by atoms with van der Waals surface area (Å²) in [6.07, 6.45) is 11.2. The summed E-state index contributed by atoms with van der Waals surface area (Å²) in [6, 6.07) is 6.01. The number of unbranched alkanes of at least 4 members (excludes halogenated alkanes) is 8. The number of hydrogen-bond donors (Lipinski definition) is 1. The maximum absolute atomic E-state index is 10.0. The van der Waals surface area contributed by atoms with Gasteiger partial charge in [-0.1, -0.05) is 81.6 Å². The molecule has 0 bridgehead atoms. The van der Waals surface area contributed by atoms with Gasteiger partial charge in [0.2, 0.25) is 0 Å². The molecule has 124 valence electrons. The van der Waals surface area contributed by atoms with Crippen LogP contribution in [0.1, 0.15) is 81.9 Å². The van der Waals surface area contributed by atoms with Crippen LogP contribution in [0.3, 0.4) is 0 Å². The summed E-state index contributed by atoms with van der Waals surface area (Å²) in [4.78, 5) is 0. The molecule has 2 nitrogen and oxygen atoms in total. The molecule has 1 unspecified atom stereocenters. The highest BCUT2D eigenvalue weighted by atomic mass is 16.5. The van der Waals surface area contributed by atoms with Gasteiger partial charge in [0.25, 0.3) is 0 Å². The number of rotatable bonds is 8. The van der Waals surface area contributed by atoms with E-state index in [4.69, 9.17) is 4.65 Å². The van der Waals surface area contributed by atoms with E-state index < -0.39 is 7.12 Å². The van der Waals surface area contributed by atoms with E-state index in [1.54, 1.807) is 0 Å². The molecule has 2 rings (SSSR count). The first kappa shape index (κ1) is 18.1. The third-order valence-electron chi connectivity index (χ3n) is 4.54. The van der Waals surface area contributed by atoms with Crippen molar-refractivity contribution in [1.82, 2.24) is 0 Å². The van der Waals surface area contributed by atoms with Crippen LogP contribution in [0.15, 0.2) is 18.2 Å². The van der Waals surface area contributed by atoms with Crippen molar-refractivity contribution >= 4 is 12.6 Å². The van der Waals surface area contributed by atoms with Gasteiger partial charge in [0, 0.05) is 6.42 Å². The van der Waals surface area contributed by atoms with Crippen LogP contribution in [0.2, 0.25) is 0 Å². The minimum atomic E-state index is -0.825. The zero-order chi connectivity index (χ0) is 16.5. The quantitative estimate of drug-likeness (QED) is 0.441. The first-order chi connectivity index (χ1) is 11.2. The van der Waals surface area contributed by atoms with E-state index in [1.807, 2.05) is 25.1 Å². The highest BCUT2D eigenvalue weighted by Gasteiger charge is 2.35. The topological polar surface area (TPSA) is 29.5 Å². The third-order valence-corrected chi connectivity index (χ3v) is 4.54. The fourth-order valence-corrected chi connectivity index (χ4v) is 3.16. The van der Waals surface area contributed by atoms with Gasteiger partial charge < -0.3 is 9.68 Å². The van der Waals surface area contributed by atoms with Gasteiger partial charge in [-0.05, 0) is 24.4 Å². The zero-order valence-electron chi connectivity index (χ0n) is 14.6. The monoisotopic (exact) mass is 312 g/mol. The third kappa shape index (κ3) is 5.41. The maximum Gasteiger partial charge on any atom is 0.493 e. The molecule has 0 fully saturated rings. The van der Waals surface area contributed by atoms with Gasteiger partial charge >= 0.3 is 7.12 Å². The van der Waals surface area contributed by atoms with Gasteiger partial charge in [-0.2, -0.15) is 0 Å². The minimum Gasteiger partial charge on any atom is -0.423 e. The summed E-state index contributed by atoms with van der Waals surface area (Å²) in [7, 11) is -0.825. The second kappa shape index (κ2) is 9.80. The Balaban J connectivity index is 1.68. The lowest BCUT2D eigenvalue weighted by Crippen LogP contribution is -2.30. The van der Waals surface area contributed by atoms with Crippen LogP contribution in [0.25, 0.3) is 0 Å². The molecule has 0 aliphatic carbocycles. The van der Waals surface area contributed by atoms with E-state index in [2.05, 4.69) is 18.8 Å². The highest BCUT2D eigenvalue weighted by Crippen LogP contribution is 2.24. The fourth-order valence-electron chi connectivity index (χ4n) is 3.16. The van der Waals surface area contributed by atoms with Crippen LogP contribution in [0.4, 0.5) is 0 Å². The Bertz CT molecular complexity index is 544. The van der Waals surface area contributed by atoms with Crippen LogP contribution in [0, 0.1) is 18.8 Å². The normalized spacial score (nSPS) is 16.1. The van der Waals surface area contributed by atoms with Gasteiger partial charge in [0.05, 0.1) is 0 Å². The van der Waals surface area contributed by atoms with Crippen molar-refractivity contribution < 1.29 is 9.68 Å². The van der Waals surface area contributed by atoms with Crippen LogP contribution >= 0.6 is 0 Å². The molecule has 0 radical (unpaired) electrons. The molecule has 0 spiro atoms. The van der Waals surface area contributed by atoms with Crippen molar-refractivity contribution in [3.63, 3.8) is 0 Å². The maximum atomic E-state index is 10.0. The van der Waals surface area contributed by atoms with Crippen molar-refractivity contribution in [2.45, 2.75) is 77.7 Å². The average molecular weight is 312 g/mol. The molecular formula is C20H29BO2. The number of aryl methyl sites for hydroxylation is 1. The fraction of sp³-hybridized carbons (Fsp3) is 0.600. The first-order valence-electron chi connectivity index (χ1n) is 9.15. The van der Waals surface area contributed by atoms with Crippen LogP contribution in [0.5, 0.6) is 0 Å². The Morgan fingerprint density at radius 3 is 2.52 bits per heavy atom. The van der Waals surface area contributed by atoms with E-state index in [9.17, 15) is 5.02 Å². The van der Waals surface area contributed by atoms with Crippen molar-refractivity contribution in [2.75, 3.05) is 0 Å². The number of fused-ring (bicyclic) bond motifs is 1. The lowest BCUT2D eigenvalue weighted by atomic mass is 9.76. The molecule has 1 aromatic carbocycles. The summed E-state index contributed by atoms with van der Waals surface area (Å²) in [5.41, 5.74) is 3.00. The molecule has 3 heteroatoms. The van der Waals surface area contributed by atoms with Crippen molar-refractivity contribution in [3.05, 3.63) is 29.3 Å². The molecule has 0 saturated carbocycles. The SMILES string of the molecule is CCCCCCCCCCC#CC1OB(O)c2c(C)cccc21. The predicted molar refractivity (Wildman–Crippen MR) is 97.6 cm³/mol. The average Bonchev–Trinajstić information content (AvgIpc) is 2.87. The van der Waals surface area contributed by atoms with Gasteiger partial charge in [0.1, 0.15) is 6.10 Å². The van der Waals surface area contributed by atoms with Gasteiger partial charge in [0.15, 0.2) is 0 Å². The van der Waals surface area contributed by atoms with E-state index >= 15 is 0 Å². The molecule has 1 heterocycles. The molecule has 1 N–H and O–H groups in total. The molecule has 1 aromatic rings. The Kier molecular flexibility index (Phi) is 7.72. The smallest absolute Gasteiger partial charge is 0.423 e. The van der Waals surface area contributed by atoms with Crippen LogP contribution in [-0.2, 0) is 4.65 Å². The molecule has 0 aromatic heterocycles. The van der Waals surface area contributed by atoms with Gasteiger partial charge in [-0.15, -0.1) is 5.92 Å². The van der Waals surface area contributed by atoms with Gasteiger partial charge in [-0.3, -0.25) is 0 Å². The Morgan fingerprint density at radius 2 is 1.78 bits per heavy atom. The number of hydrogen-bond acceptors (Lipinski definition) is 2. The summed E-state index contributed by atoms with van der Waals surface area (Å²) < 4.78 is 5.58. The van der Waals surface area contributed by atoms with Crippen LogP contribution in [-0.4, -0.2) is 12.1 Å². The van der Waals surface area contributed by atoms with Crippen molar-refractivity contribution in [3.8, 4) is 11.8 Å². The summed E-state index contributed by atoms with van der Waals surface area (Å²) in [6.45, 7) is 4.26. The lowest BCUT2D eigenvalue weighted by molar-refractivity contribution is 0.241. The summed E-state index contributed by atoms with van der Waals surface area (Å²) >= 11 is 0. The molecule has 23 heavy (non-hydrogen) atoms. The first-order valence-corrected chi connectivity index (χ1v) is 9.15. The zero-order valence-corrected chi connectivity index (χ0v) is 14.6. The molecule has 1 aliphatic heterocycles. The van der Waals surface area contributed by atoms with Gasteiger partial charge in [-0.25, -0.2) is 0 Å². The van der Waals surface area contributed by atoms with E-state index in [0.29, 0.717) is 0 Å². The molecule has 1 atom stereocenters. The Hall–Kier alpha value is -1.24. The molecule has 0 saturated heterocycles. The van der Waals surface area contributed by atoms with Crippen LogP contribution < -0.4 is 5.46 Å². The van der Waals surface area contributed by atoms with Crippen molar-refractivity contribution in [1.29, 1.82) is 0 Å². The largest absolute Gasteiger partial charge is 0.493 e. The molecule has 1 aliphatic rings. The van der Waals surface area contributed by atoms with E-state index in [-0.39, 0.29) is 6.10 Å². The Labute approximate surface area is 141 Å². The molecular weight excluding hydrogens is 283 g/mol. The highest BCUT2D eigenvalue weighted by molar-refractivity contribution is 6.62. The minimum absolute atomic E-state index is 0.269. The van der Waals surface area contributed by atoms with E-state index in [1.165, 1.54) is 44.9 Å². The second-order valence-electron chi connectivity index (χ2n) is 6.49. The summed E-state index contributed by atoms with van der Waals surface area (Å²) in [5, 5.41) is 10.0. The standard InChI is InChI=1S/C20H29BO2/c1-3-4-5-6-7-8-9-10-11-12-16-19-18-15-13-14-17(2)20(18)21(22)23-19/h13-15,19,22H,3-11H2,1-2H3. The second-order valence-corrected chi connectivity index (χ2v) is 6.49. The predicted octanol–water partition coefficient (Wildman–Crippen LogP) is 4.29. The molecule has 0 amide bonds. The number of benzene rings is 1. The summed E-state index contributed by atoms with van der Waals surface area (Å²) in [5.74, 6) is 6.42. The van der Waals surface area contributed by atoms with Crippen molar-refractivity contribution in [2.24, 2.45) is 0 Å².